The molecule has 1 aliphatic rings. The normalized spacial score (nSPS) is 16.4. The first kappa shape index (κ1) is 16.8. The quantitative estimate of drug-likeness (QED) is 0.882. The summed E-state index contributed by atoms with van der Waals surface area (Å²) in [6.07, 6.45) is 6.84. The second-order valence-corrected chi connectivity index (χ2v) is 6.68. The van der Waals surface area contributed by atoms with Gasteiger partial charge in [0.05, 0.1) is 6.54 Å². The molecular formula is C18H26N4O2. The van der Waals surface area contributed by atoms with Crippen molar-refractivity contribution in [1.82, 2.24) is 19.8 Å². The molecule has 1 amide bonds. The number of nitrogens with one attached hydrogen (secondary N) is 1. The molecule has 1 saturated heterocycles. The molecule has 130 valence electrons. The van der Waals surface area contributed by atoms with Gasteiger partial charge in [-0.15, -0.1) is 0 Å². The van der Waals surface area contributed by atoms with E-state index >= 15 is 0 Å². The molecule has 1 N–H and O–H groups in total. The van der Waals surface area contributed by atoms with Gasteiger partial charge in [-0.05, 0) is 44.0 Å². The monoisotopic (exact) mass is 330 g/mol. The number of hydrogen-bond acceptors (Lipinski definition) is 4. The number of furan rings is 1. The van der Waals surface area contributed by atoms with Gasteiger partial charge < -0.3 is 14.3 Å². The minimum absolute atomic E-state index is 0.164. The third-order valence-corrected chi connectivity index (χ3v) is 4.70. The molecule has 0 spiro atoms. The Morgan fingerprint density at radius 3 is 2.88 bits per heavy atom. The third kappa shape index (κ3) is 4.26. The van der Waals surface area contributed by atoms with Crippen molar-refractivity contribution in [3.63, 3.8) is 0 Å². The van der Waals surface area contributed by atoms with Gasteiger partial charge in [0.1, 0.15) is 11.6 Å². The predicted octanol–water partition coefficient (Wildman–Crippen LogP) is 2.22. The van der Waals surface area contributed by atoms with Crippen molar-refractivity contribution in [2.45, 2.75) is 32.7 Å². The summed E-state index contributed by atoms with van der Waals surface area (Å²) >= 11 is 0. The molecule has 1 aliphatic heterocycles. The van der Waals surface area contributed by atoms with Crippen LogP contribution in [-0.4, -0.2) is 40.0 Å². The second-order valence-electron chi connectivity index (χ2n) is 6.68. The van der Waals surface area contributed by atoms with Gasteiger partial charge in [0, 0.05) is 32.4 Å². The van der Waals surface area contributed by atoms with Crippen LogP contribution in [0.4, 0.5) is 0 Å². The molecule has 6 heteroatoms. The van der Waals surface area contributed by atoms with E-state index in [0.29, 0.717) is 18.7 Å². The highest BCUT2D eigenvalue weighted by Gasteiger charge is 2.18. The summed E-state index contributed by atoms with van der Waals surface area (Å²) in [5.74, 6) is 2.85. The van der Waals surface area contributed by atoms with Gasteiger partial charge in [0.25, 0.3) is 5.91 Å². The zero-order valence-corrected chi connectivity index (χ0v) is 14.5. The number of carbonyl (C=O) groups excluding carboxylic acids is 1. The molecule has 6 nitrogen and oxygen atoms in total. The molecule has 1 fully saturated rings. The van der Waals surface area contributed by atoms with E-state index in [1.165, 1.54) is 12.8 Å². The van der Waals surface area contributed by atoms with E-state index in [4.69, 9.17) is 4.42 Å². The van der Waals surface area contributed by atoms with Crippen molar-refractivity contribution in [3.05, 3.63) is 41.9 Å². The topological polar surface area (TPSA) is 63.3 Å². The van der Waals surface area contributed by atoms with Crippen molar-refractivity contribution in [3.8, 4) is 0 Å². The van der Waals surface area contributed by atoms with Crippen LogP contribution in [0.3, 0.4) is 0 Å². The summed E-state index contributed by atoms with van der Waals surface area (Å²) in [4.78, 5) is 18.8. The zero-order chi connectivity index (χ0) is 16.9. The fraction of sp³-hybridized carbons (Fsp3) is 0.556. The van der Waals surface area contributed by atoms with Crippen LogP contribution in [0.2, 0.25) is 0 Å². The Kier molecular flexibility index (Phi) is 5.35. The molecule has 3 heterocycles. The minimum atomic E-state index is -0.164. The molecular weight excluding hydrogens is 304 g/mol. The molecule has 2 aromatic heterocycles. The number of rotatable bonds is 6. The van der Waals surface area contributed by atoms with E-state index in [0.717, 1.165) is 37.1 Å². The minimum Gasteiger partial charge on any atom is -0.455 e. The van der Waals surface area contributed by atoms with Crippen LogP contribution in [0, 0.1) is 5.92 Å². The number of imidazole rings is 1. The standard InChI is InChI=1S/C18H26N4O2/c1-14-6-10-22(11-7-14)13-15-3-4-16(24-15)18(23)20-8-5-17-19-9-12-21(17)2/h3-4,9,12,14H,5-8,10-11,13H2,1-2H3,(H,20,23). The Morgan fingerprint density at radius 1 is 1.38 bits per heavy atom. The van der Waals surface area contributed by atoms with Crippen molar-refractivity contribution in [1.29, 1.82) is 0 Å². The lowest BCUT2D eigenvalue weighted by molar-refractivity contribution is 0.0921. The highest BCUT2D eigenvalue weighted by molar-refractivity contribution is 5.91. The Hall–Kier alpha value is -2.08. The van der Waals surface area contributed by atoms with Gasteiger partial charge in [-0.25, -0.2) is 4.98 Å². The summed E-state index contributed by atoms with van der Waals surface area (Å²) in [5, 5.41) is 2.89. The molecule has 2 aromatic rings. The first-order valence-corrected chi connectivity index (χ1v) is 8.67. The smallest absolute Gasteiger partial charge is 0.287 e. The predicted molar refractivity (Wildman–Crippen MR) is 91.6 cm³/mol. The molecule has 0 aromatic carbocycles. The maximum absolute atomic E-state index is 12.2. The molecule has 0 saturated carbocycles. The van der Waals surface area contributed by atoms with Crippen LogP contribution in [0.25, 0.3) is 0 Å². The number of likely N-dealkylation sites (tertiary alicyclic amines) is 1. The van der Waals surface area contributed by atoms with Gasteiger partial charge in [0.15, 0.2) is 5.76 Å². The highest BCUT2D eigenvalue weighted by Crippen LogP contribution is 2.19. The molecule has 24 heavy (non-hydrogen) atoms. The van der Waals surface area contributed by atoms with Crippen molar-refractivity contribution >= 4 is 5.91 Å². The van der Waals surface area contributed by atoms with Crippen molar-refractivity contribution in [2.75, 3.05) is 19.6 Å². The Morgan fingerprint density at radius 2 is 2.17 bits per heavy atom. The average molecular weight is 330 g/mol. The van der Waals surface area contributed by atoms with Crippen LogP contribution in [0.1, 0.15) is 41.9 Å². The molecule has 0 bridgehead atoms. The Bertz CT molecular complexity index is 668. The number of aryl methyl sites for hydroxylation is 1. The van der Waals surface area contributed by atoms with E-state index < -0.39 is 0 Å². The van der Waals surface area contributed by atoms with Gasteiger partial charge in [-0.1, -0.05) is 6.92 Å². The maximum Gasteiger partial charge on any atom is 0.287 e. The average Bonchev–Trinajstić information content (AvgIpc) is 3.19. The number of hydrogen-bond donors (Lipinski definition) is 1. The number of aromatic nitrogens is 2. The Balaban J connectivity index is 1.46. The molecule has 0 atom stereocenters. The van der Waals surface area contributed by atoms with Gasteiger partial charge in [-0.2, -0.15) is 0 Å². The first-order chi connectivity index (χ1) is 11.6. The zero-order valence-electron chi connectivity index (χ0n) is 14.5. The van der Waals surface area contributed by atoms with E-state index in [-0.39, 0.29) is 5.91 Å². The van der Waals surface area contributed by atoms with E-state index in [1.807, 2.05) is 23.9 Å². The lowest BCUT2D eigenvalue weighted by atomic mass is 9.99. The second kappa shape index (κ2) is 7.66. The lowest BCUT2D eigenvalue weighted by Crippen LogP contribution is -2.32. The summed E-state index contributed by atoms with van der Waals surface area (Å²) in [6.45, 7) is 5.84. The first-order valence-electron chi connectivity index (χ1n) is 8.67. The number of amides is 1. The van der Waals surface area contributed by atoms with E-state index in [1.54, 1.807) is 12.3 Å². The largest absolute Gasteiger partial charge is 0.455 e. The fourth-order valence-electron chi connectivity index (χ4n) is 3.04. The van der Waals surface area contributed by atoms with Crippen LogP contribution >= 0.6 is 0 Å². The summed E-state index contributed by atoms with van der Waals surface area (Å²) in [5.41, 5.74) is 0. The summed E-state index contributed by atoms with van der Waals surface area (Å²) < 4.78 is 7.67. The Labute approximate surface area is 142 Å². The van der Waals surface area contributed by atoms with Gasteiger partial charge in [-0.3, -0.25) is 9.69 Å². The van der Waals surface area contributed by atoms with Gasteiger partial charge in [0.2, 0.25) is 0 Å². The van der Waals surface area contributed by atoms with E-state index in [9.17, 15) is 4.79 Å². The van der Waals surface area contributed by atoms with E-state index in [2.05, 4.69) is 22.1 Å². The van der Waals surface area contributed by atoms with Crippen LogP contribution in [0.5, 0.6) is 0 Å². The van der Waals surface area contributed by atoms with Crippen molar-refractivity contribution in [2.24, 2.45) is 13.0 Å². The van der Waals surface area contributed by atoms with Crippen molar-refractivity contribution < 1.29 is 9.21 Å². The number of piperidine rings is 1. The van der Waals surface area contributed by atoms with Crippen LogP contribution < -0.4 is 5.32 Å². The maximum atomic E-state index is 12.2. The summed E-state index contributed by atoms with van der Waals surface area (Å²) in [7, 11) is 1.95. The molecule has 0 aliphatic carbocycles. The van der Waals surface area contributed by atoms with Gasteiger partial charge >= 0.3 is 0 Å². The summed E-state index contributed by atoms with van der Waals surface area (Å²) in [6, 6.07) is 3.67. The highest BCUT2D eigenvalue weighted by atomic mass is 16.4. The SMILES string of the molecule is CC1CCN(Cc2ccc(C(=O)NCCc3nccn3C)o2)CC1. The third-order valence-electron chi connectivity index (χ3n) is 4.70. The fourth-order valence-corrected chi connectivity index (χ4v) is 3.04. The lowest BCUT2D eigenvalue weighted by Gasteiger charge is -2.29. The molecule has 3 rings (SSSR count). The molecule has 0 radical (unpaired) electrons. The molecule has 0 unspecified atom stereocenters. The number of carbonyl (C=O) groups is 1. The van der Waals surface area contributed by atoms with Crippen LogP contribution in [-0.2, 0) is 20.0 Å². The number of nitrogens with zero attached hydrogens (tertiary/aromatic N) is 3. The van der Waals surface area contributed by atoms with Crippen LogP contribution in [0.15, 0.2) is 28.9 Å².